The lowest BCUT2D eigenvalue weighted by molar-refractivity contribution is -0.117. The minimum atomic E-state index is -0.358. The van der Waals surface area contributed by atoms with E-state index in [1.54, 1.807) is 18.5 Å². The van der Waals surface area contributed by atoms with E-state index in [4.69, 9.17) is 4.74 Å². The van der Waals surface area contributed by atoms with Gasteiger partial charge in [0.15, 0.2) is 0 Å². The molecule has 1 amide bonds. The highest BCUT2D eigenvalue weighted by atomic mass is 16.5. The standard InChI is InChI=1S/C27H22N2O3/c30-26(29-23-10-9-22-16-28-12-11-19(22)14-23)25-15-24(25)20-7-4-8-21(13-20)27(31)32-17-18-5-2-1-3-6-18/h1-14,16,24-25H,15,17H2,(H,29,30)/t24-,25+/m0/s1. The maximum absolute atomic E-state index is 12.8. The summed E-state index contributed by atoms with van der Waals surface area (Å²) in [4.78, 5) is 29.3. The molecule has 5 nitrogen and oxygen atoms in total. The molecule has 158 valence electrons. The van der Waals surface area contributed by atoms with Gasteiger partial charge in [-0.05, 0) is 59.2 Å². The molecule has 5 rings (SSSR count). The van der Waals surface area contributed by atoms with Crippen LogP contribution in [0.5, 0.6) is 0 Å². The van der Waals surface area contributed by atoms with Crippen molar-refractivity contribution in [2.24, 2.45) is 5.92 Å². The Labute approximate surface area is 186 Å². The number of benzene rings is 3. The second-order valence-electron chi connectivity index (χ2n) is 8.06. The van der Waals surface area contributed by atoms with Crippen molar-refractivity contribution < 1.29 is 14.3 Å². The molecule has 0 unspecified atom stereocenters. The smallest absolute Gasteiger partial charge is 0.338 e. The molecule has 1 saturated carbocycles. The Kier molecular flexibility index (Phi) is 5.38. The average molecular weight is 422 g/mol. The van der Waals surface area contributed by atoms with Crippen LogP contribution in [0.25, 0.3) is 10.8 Å². The highest BCUT2D eigenvalue weighted by molar-refractivity contribution is 5.97. The number of rotatable bonds is 6. The van der Waals surface area contributed by atoms with Crippen LogP contribution >= 0.6 is 0 Å². The van der Waals surface area contributed by atoms with Crippen LogP contribution in [0, 0.1) is 5.92 Å². The first-order chi connectivity index (χ1) is 15.7. The monoisotopic (exact) mass is 422 g/mol. The van der Waals surface area contributed by atoms with Crippen LogP contribution in [-0.4, -0.2) is 16.9 Å². The number of nitrogens with one attached hydrogen (secondary N) is 1. The molecule has 2 atom stereocenters. The number of amides is 1. The van der Waals surface area contributed by atoms with Gasteiger partial charge >= 0.3 is 5.97 Å². The highest BCUT2D eigenvalue weighted by Crippen LogP contribution is 2.48. The number of anilines is 1. The zero-order chi connectivity index (χ0) is 21.9. The summed E-state index contributed by atoms with van der Waals surface area (Å²) in [5.41, 5.74) is 3.22. The van der Waals surface area contributed by atoms with Crippen molar-refractivity contribution in [3.8, 4) is 0 Å². The number of hydrogen-bond donors (Lipinski definition) is 1. The van der Waals surface area contributed by atoms with Gasteiger partial charge in [0.2, 0.25) is 5.91 Å². The van der Waals surface area contributed by atoms with Crippen LogP contribution in [0.15, 0.2) is 91.3 Å². The van der Waals surface area contributed by atoms with Gasteiger partial charge in [0.05, 0.1) is 5.56 Å². The molecule has 0 spiro atoms. The van der Waals surface area contributed by atoms with Gasteiger partial charge in [-0.15, -0.1) is 0 Å². The molecular weight excluding hydrogens is 400 g/mol. The first-order valence-electron chi connectivity index (χ1n) is 10.6. The third-order valence-corrected chi connectivity index (χ3v) is 5.80. The van der Waals surface area contributed by atoms with Gasteiger partial charge in [-0.25, -0.2) is 4.79 Å². The SMILES string of the molecule is O=C(OCc1ccccc1)c1cccc([C@@H]2C[C@H]2C(=O)Nc2ccc3cnccc3c2)c1. The average Bonchev–Trinajstić information content (AvgIpc) is 3.65. The van der Waals surface area contributed by atoms with E-state index in [0.29, 0.717) is 5.56 Å². The molecule has 1 aromatic heterocycles. The summed E-state index contributed by atoms with van der Waals surface area (Å²) in [6.07, 6.45) is 4.31. The first kappa shape index (κ1) is 19.9. The number of hydrogen-bond acceptors (Lipinski definition) is 4. The largest absolute Gasteiger partial charge is 0.457 e. The molecule has 1 heterocycles. The van der Waals surface area contributed by atoms with E-state index in [2.05, 4.69) is 10.3 Å². The Morgan fingerprint density at radius 2 is 1.81 bits per heavy atom. The molecule has 1 fully saturated rings. The van der Waals surface area contributed by atoms with Gasteiger partial charge in [0.25, 0.3) is 0 Å². The van der Waals surface area contributed by atoms with Crippen LogP contribution in [0.3, 0.4) is 0 Å². The van der Waals surface area contributed by atoms with Crippen LogP contribution in [-0.2, 0) is 16.1 Å². The molecule has 3 aromatic carbocycles. The van der Waals surface area contributed by atoms with E-state index in [0.717, 1.165) is 34.0 Å². The van der Waals surface area contributed by atoms with E-state index in [1.165, 1.54) is 0 Å². The predicted octanol–water partition coefficient (Wildman–Crippen LogP) is 5.33. The lowest BCUT2D eigenvalue weighted by Crippen LogP contribution is -2.14. The van der Waals surface area contributed by atoms with Gasteiger partial charge < -0.3 is 10.1 Å². The minimum Gasteiger partial charge on any atom is -0.457 e. The van der Waals surface area contributed by atoms with Crippen molar-refractivity contribution in [1.82, 2.24) is 4.98 Å². The van der Waals surface area contributed by atoms with Crippen LogP contribution in [0.1, 0.15) is 33.8 Å². The minimum absolute atomic E-state index is 0.000429. The molecule has 0 bridgehead atoms. The number of fused-ring (bicyclic) bond motifs is 1. The Bertz CT molecular complexity index is 1290. The van der Waals surface area contributed by atoms with Crippen molar-refractivity contribution in [3.05, 3.63) is 108 Å². The summed E-state index contributed by atoms with van der Waals surface area (Å²) in [5, 5.41) is 5.09. The van der Waals surface area contributed by atoms with E-state index in [-0.39, 0.29) is 30.3 Å². The maximum Gasteiger partial charge on any atom is 0.338 e. The summed E-state index contributed by atoms with van der Waals surface area (Å²) < 4.78 is 5.44. The quantitative estimate of drug-likeness (QED) is 0.426. The van der Waals surface area contributed by atoms with E-state index in [1.807, 2.05) is 72.8 Å². The fourth-order valence-corrected chi connectivity index (χ4v) is 3.95. The van der Waals surface area contributed by atoms with Crippen molar-refractivity contribution in [2.45, 2.75) is 18.9 Å². The summed E-state index contributed by atoms with van der Waals surface area (Å²) in [5.74, 6) is -0.344. The number of pyridine rings is 1. The molecule has 4 aromatic rings. The number of carbonyl (C=O) groups is 2. The lowest BCUT2D eigenvalue weighted by atomic mass is 10.1. The number of esters is 1. The van der Waals surface area contributed by atoms with E-state index in [9.17, 15) is 9.59 Å². The zero-order valence-electron chi connectivity index (χ0n) is 17.4. The third kappa shape index (κ3) is 4.37. The van der Waals surface area contributed by atoms with Crippen LogP contribution < -0.4 is 5.32 Å². The Morgan fingerprint density at radius 3 is 2.69 bits per heavy atom. The fraction of sp³-hybridized carbons (Fsp3) is 0.148. The molecule has 0 radical (unpaired) electrons. The Morgan fingerprint density at radius 1 is 0.938 bits per heavy atom. The van der Waals surface area contributed by atoms with Crippen molar-refractivity contribution >= 4 is 28.3 Å². The topological polar surface area (TPSA) is 68.3 Å². The second kappa shape index (κ2) is 8.63. The highest BCUT2D eigenvalue weighted by Gasteiger charge is 2.44. The van der Waals surface area contributed by atoms with E-state index < -0.39 is 0 Å². The Hall–Kier alpha value is -3.99. The fourth-order valence-electron chi connectivity index (χ4n) is 3.95. The van der Waals surface area contributed by atoms with Crippen molar-refractivity contribution in [3.63, 3.8) is 0 Å². The van der Waals surface area contributed by atoms with Gasteiger partial charge in [-0.2, -0.15) is 0 Å². The molecule has 5 heteroatoms. The molecule has 1 N–H and O–H groups in total. The number of ether oxygens (including phenoxy) is 1. The van der Waals surface area contributed by atoms with Crippen molar-refractivity contribution in [2.75, 3.05) is 5.32 Å². The zero-order valence-corrected chi connectivity index (χ0v) is 17.4. The van der Waals surface area contributed by atoms with Gasteiger partial charge in [-0.3, -0.25) is 9.78 Å². The number of nitrogens with zero attached hydrogens (tertiary/aromatic N) is 1. The second-order valence-corrected chi connectivity index (χ2v) is 8.06. The van der Waals surface area contributed by atoms with Gasteiger partial charge in [-0.1, -0.05) is 48.5 Å². The maximum atomic E-state index is 12.8. The van der Waals surface area contributed by atoms with Gasteiger partial charge in [0.1, 0.15) is 6.61 Å². The lowest BCUT2D eigenvalue weighted by Gasteiger charge is -2.08. The molecule has 1 aliphatic carbocycles. The summed E-state index contributed by atoms with van der Waals surface area (Å²) in [7, 11) is 0. The normalized spacial score (nSPS) is 17.0. The molecular formula is C27H22N2O3. The van der Waals surface area contributed by atoms with Crippen molar-refractivity contribution in [1.29, 1.82) is 0 Å². The third-order valence-electron chi connectivity index (χ3n) is 5.80. The van der Waals surface area contributed by atoms with E-state index >= 15 is 0 Å². The van der Waals surface area contributed by atoms with Gasteiger partial charge in [0, 0.05) is 29.4 Å². The predicted molar refractivity (Wildman–Crippen MR) is 123 cm³/mol. The Balaban J connectivity index is 1.21. The molecule has 0 saturated heterocycles. The summed E-state index contributed by atoms with van der Waals surface area (Å²) in [6.45, 7) is 0.236. The summed E-state index contributed by atoms with van der Waals surface area (Å²) in [6, 6.07) is 24.7. The van der Waals surface area contributed by atoms with Crippen LogP contribution in [0.2, 0.25) is 0 Å². The number of aromatic nitrogens is 1. The van der Waals surface area contributed by atoms with Crippen LogP contribution in [0.4, 0.5) is 5.69 Å². The summed E-state index contributed by atoms with van der Waals surface area (Å²) >= 11 is 0. The molecule has 1 aliphatic rings. The molecule has 32 heavy (non-hydrogen) atoms. The first-order valence-corrected chi connectivity index (χ1v) is 10.6. The molecule has 0 aliphatic heterocycles. The number of carbonyl (C=O) groups excluding carboxylic acids is 2.